The third-order valence-electron chi connectivity index (χ3n) is 4.66. The summed E-state index contributed by atoms with van der Waals surface area (Å²) in [5.41, 5.74) is 0.0836. The van der Waals surface area contributed by atoms with Crippen LogP contribution in [0.1, 0.15) is 46.7 Å². The van der Waals surface area contributed by atoms with Gasteiger partial charge in [-0.1, -0.05) is 25.0 Å². The average molecular weight is 362 g/mol. The van der Waals surface area contributed by atoms with Crippen LogP contribution in [-0.2, 0) is 16.6 Å². The number of carbonyl (C=O) groups excluding carboxylic acids is 1. The molecule has 0 bridgehead atoms. The lowest BCUT2D eigenvalue weighted by atomic mass is 9.78. The highest BCUT2D eigenvalue weighted by Gasteiger charge is 2.42. The summed E-state index contributed by atoms with van der Waals surface area (Å²) in [5, 5.41) is 14.0. The number of amides is 1. The lowest BCUT2D eigenvalue weighted by molar-refractivity contribution is -0.126. The second-order valence-corrected chi connectivity index (χ2v) is 7.18. The Bertz CT molecular complexity index is 784. The van der Waals surface area contributed by atoms with Crippen molar-refractivity contribution in [1.82, 2.24) is 10.3 Å². The fraction of sp³-hybridized carbons (Fsp3) is 0.389. The molecule has 2 N–H and O–H groups in total. The number of hydrogen-bond acceptors (Lipinski definition) is 4. The fourth-order valence-corrected chi connectivity index (χ4v) is 4.16. The van der Waals surface area contributed by atoms with Crippen molar-refractivity contribution in [3.63, 3.8) is 0 Å². The van der Waals surface area contributed by atoms with E-state index in [1.54, 1.807) is 6.07 Å². The van der Waals surface area contributed by atoms with Gasteiger partial charge in [0.1, 0.15) is 5.82 Å². The molecule has 0 unspecified atom stereocenters. The van der Waals surface area contributed by atoms with Crippen LogP contribution >= 0.6 is 11.3 Å². The monoisotopic (exact) mass is 362 g/mol. The number of rotatable bonds is 6. The van der Waals surface area contributed by atoms with E-state index in [4.69, 9.17) is 5.11 Å². The van der Waals surface area contributed by atoms with Gasteiger partial charge in [0.2, 0.25) is 5.91 Å². The van der Waals surface area contributed by atoms with Crippen LogP contribution in [0.25, 0.3) is 0 Å². The van der Waals surface area contributed by atoms with Crippen molar-refractivity contribution in [3.05, 3.63) is 51.7 Å². The van der Waals surface area contributed by atoms with Gasteiger partial charge in [-0.25, -0.2) is 14.2 Å². The number of hydrogen-bond donors (Lipinski definition) is 2. The number of nitrogens with one attached hydrogen (secondary N) is 1. The Kier molecular flexibility index (Phi) is 5.13. The number of benzene rings is 1. The fourth-order valence-electron chi connectivity index (χ4n) is 3.39. The molecule has 1 heterocycles. The molecule has 1 aromatic carbocycles. The zero-order valence-corrected chi connectivity index (χ0v) is 14.4. The van der Waals surface area contributed by atoms with E-state index < -0.39 is 11.4 Å². The van der Waals surface area contributed by atoms with Crippen LogP contribution in [0.3, 0.4) is 0 Å². The van der Waals surface area contributed by atoms with Gasteiger partial charge < -0.3 is 10.4 Å². The molecule has 0 spiro atoms. The maximum atomic E-state index is 13.6. The van der Waals surface area contributed by atoms with Crippen molar-refractivity contribution in [2.75, 3.05) is 6.54 Å². The van der Waals surface area contributed by atoms with Gasteiger partial charge in [-0.05, 0) is 30.5 Å². The zero-order valence-electron chi connectivity index (χ0n) is 13.6. The summed E-state index contributed by atoms with van der Waals surface area (Å²) >= 11 is 1.27. The van der Waals surface area contributed by atoms with E-state index in [9.17, 15) is 14.0 Å². The number of halogens is 1. The Morgan fingerprint density at radius 1 is 1.32 bits per heavy atom. The minimum Gasteiger partial charge on any atom is -0.476 e. The van der Waals surface area contributed by atoms with E-state index in [0.29, 0.717) is 30.8 Å². The topological polar surface area (TPSA) is 79.3 Å². The van der Waals surface area contributed by atoms with E-state index in [1.807, 2.05) is 6.07 Å². The first-order valence-electron chi connectivity index (χ1n) is 8.23. The molecule has 3 rings (SSSR count). The van der Waals surface area contributed by atoms with Crippen molar-refractivity contribution < 1.29 is 19.1 Å². The van der Waals surface area contributed by atoms with Crippen molar-refractivity contribution in [1.29, 1.82) is 0 Å². The molecule has 132 valence electrons. The zero-order chi connectivity index (χ0) is 17.9. The summed E-state index contributed by atoms with van der Waals surface area (Å²) in [6.07, 6.45) is 3.78. The van der Waals surface area contributed by atoms with Crippen molar-refractivity contribution in [3.8, 4) is 0 Å². The molecule has 0 atom stereocenters. The lowest BCUT2D eigenvalue weighted by Gasteiger charge is -2.28. The smallest absolute Gasteiger partial charge is 0.355 e. The predicted molar refractivity (Wildman–Crippen MR) is 92.3 cm³/mol. The highest BCUT2D eigenvalue weighted by molar-refractivity contribution is 7.09. The van der Waals surface area contributed by atoms with Gasteiger partial charge in [0.25, 0.3) is 0 Å². The van der Waals surface area contributed by atoms with Crippen molar-refractivity contribution in [2.45, 2.75) is 37.5 Å². The third-order valence-corrected chi connectivity index (χ3v) is 5.57. The summed E-state index contributed by atoms with van der Waals surface area (Å²) in [6.45, 7) is 0.377. The number of thiazole rings is 1. The number of carbonyl (C=O) groups is 2. The van der Waals surface area contributed by atoms with E-state index in [-0.39, 0.29) is 17.4 Å². The SMILES string of the molecule is O=C(O)c1csc(CCNC(=O)C2(c3cccc(F)c3)CCCC2)n1. The Morgan fingerprint density at radius 2 is 2.08 bits per heavy atom. The van der Waals surface area contributed by atoms with E-state index >= 15 is 0 Å². The molecule has 25 heavy (non-hydrogen) atoms. The molecule has 1 fully saturated rings. The number of carboxylic acid groups (broad SMARTS) is 1. The summed E-state index contributed by atoms with van der Waals surface area (Å²) < 4.78 is 13.6. The van der Waals surface area contributed by atoms with Crippen LogP contribution in [0.2, 0.25) is 0 Å². The normalized spacial score (nSPS) is 15.9. The first-order valence-corrected chi connectivity index (χ1v) is 9.11. The second kappa shape index (κ2) is 7.31. The van der Waals surface area contributed by atoms with Crippen LogP contribution in [0.4, 0.5) is 4.39 Å². The Hall–Kier alpha value is -2.28. The molecule has 1 aromatic heterocycles. The van der Waals surface area contributed by atoms with Gasteiger partial charge in [0, 0.05) is 18.3 Å². The number of nitrogens with zero attached hydrogens (tertiary/aromatic N) is 1. The summed E-state index contributed by atoms with van der Waals surface area (Å²) in [5.74, 6) is -1.48. The van der Waals surface area contributed by atoms with Gasteiger partial charge in [0.15, 0.2) is 5.69 Å². The Labute approximate surface area is 148 Å². The molecule has 7 heteroatoms. The molecule has 0 saturated heterocycles. The van der Waals surface area contributed by atoms with Crippen LogP contribution in [0.5, 0.6) is 0 Å². The maximum absolute atomic E-state index is 13.6. The van der Waals surface area contributed by atoms with E-state index in [1.165, 1.54) is 28.8 Å². The molecule has 1 saturated carbocycles. The summed E-state index contributed by atoms with van der Waals surface area (Å²) in [4.78, 5) is 27.7. The highest BCUT2D eigenvalue weighted by Crippen LogP contribution is 2.41. The van der Waals surface area contributed by atoms with Gasteiger partial charge in [-0.3, -0.25) is 4.79 Å². The minimum atomic E-state index is -1.05. The standard InChI is InChI=1S/C18H19FN2O3S/c19-13-5-3-4-12(10-13)18(7-1-2-8-18)17(24)20-9-6-15-21-14(11-25-15)16(22)23/h3-5,10-11H,1-2,6-9H2,(H,20,24)(H,22,23). The first kappa shape index (κ1) is 17.5. The minimum absolute atomic E-state index is 0.0263. The van der Waals surface area contributed by atoms with Crippen molar-refractivity contribution in [2.24, 2.45) is 0 Å². The molecular weight excluding hydrogens is 343 g/mol. The quantitative estimate of drug-likeness (QED) is 0.827. The van der Waals surface area contributed by atoms with Gasteiger partial charge in [-0.15, -0.1) is 11.3 Å². The number of carboxylic acids is 1. The molecular formula is C18H19FN2O3S. The van der Waals surface area contributed by atoms with Crippen LogP contribution in [0, 0.1) is 5.82 Å². The average Bonchev–Trinajstić information content (AvgIpc) is 3.25. The molecule has 2 aromatic rings. The van der Waals surface area contributed by atoms with Crippen LogP contribution in [-0.4, -0.2) is 28.5 Å². The van der Waals surface area contributed by atoms with Crippen LogP contribution in [0.15, 0.2) is 29.6 Å². The summed E-state index contributed by atoms with van der Waals surface area (Å²) in [7, 11) is 0. The predicted octanol–water partition coefficient (Wildman–Crippen LogP) is 3.15. The number of aromatic carboxylic acids is 1. The van der Waals surface area contributed by atoms with E-state index in [2.05, 4.69) is 10.3 Å². The second-order valence-electron chi connectivity index (χ2n) is 6.24. The van der Waals surface area contributed by atoms with Gasteiger partial charge >= 0.3 is 5.97 Å². The highest BCUT2D eigenvalue weighted by atomic mass is 32.1. The molecule has 1 amide bonds. The lowest BCUT2D eigenvalue weighted by Crippen LogP contribution is -2.43. The summed E-state index contributed by atoms with van der Waals surface area (Å²) in [6, 6.07) is 6.28. The number of aromatic nitrogens is 1. The maximum Gasteiger partial charge on any atom is 0.355 e. The molecule has 5 nitrogen and oxygen atoms in total. The molecule has 0 radical (unpaired) electrons. The van der Waals surface area contributed by atoms with Crippen LogP contribution < -0.4 is 5.32 Å². The first-order chi connectivity index (χ1) is 12.0. The van der Waals surface area contributed by atoms with Crippen molar-refractivity contribution >= 4 is 23.2 Å². The largest absolute Gasteiger partial charge is 0.476 e. The van der Waals surface area contributed by atoms with Gasteiger partial charge in [0.05, 0.1) is 10.4 Å². The van der Waals surface area contributed by atoms with Gasteiger partial charge in [-0.2, -0.15) is 0 Å². The van der Waals surface area contributed by atoms with E-state index in [0.717, 1.165) is 18.4 Å². The molecule has 1 aliphatic carbocycles. The molecule has 1 aliphatic rings. The molecule has 0 aliphatic heterocycles. The third kappa shape index (κ3) is 3.71. The Morgan fingerprint density at radius 3 is 2.72 bits per heavy atom. The Balaban J connectivity index is 1.66.